The molecule has 6 heteroatoms. The summed E-state index contributed by atoms with van der Waals surface area (Å²) in [5.41, 5.74) is 3.65. The predicted molar refractivity (Wildman–Crippen MR) is 101 cm³/mol. The van der Waals surface area contributed by atoms with Crippen molar-refractivity contribution in [2.24, 2.45) is 11.8 Å². The molecule has 0 radical (unpaired) electrons. The third-order valence-corrected chi connectivity index (χ3v) is 5.98. The second-order valence-electron chi connectivity index (χ2n) is 7.57. The summed E-state index contributed by atoms with van der Waals surface area (Å²) in [4.78, 5) is 26.0. The zero-order chi connectivity index (χ0) is 19.2. The number of aryl methyl sites for hydroxylation is 1. The SMILES string of the molecule is Cc1nc(Nc2ccncc2)nc2c1CC[C@@H]1[C@@H](C)C(=O)C(C#N)=C[C@@]21C. The molecule has 0 spiro atoms. The van der Waals surface area contributed by atoms with E-state index >= 15 is 0 Å². The van der Waals surface area contributed by atoms with E-state index in [9.17, 15) is 10.1 Å². The minimum absolute atomic E-state index is 0.0515. The Morgan fingerprint density at radius 3 is 2.74 bits per heavy atom. The highest BCUT2D eigenvalue weighted by Crippen LogP contribution is 2.49. The van der Waals surface area contributed by atoms with Crippen molar-refractivity contribution in [2.45, 2.75) is 39.0 Å². The van der Waals surface area contributed by atoms with Crippen molar-refractivity contribution in [3.05, 3.63) is 53.1 Å². The van der Waals surface area contributed by atoms with E-state index in [0.29, 0.717) is 5.95 Å². The van der Waals surface area contributed by atoms with Gasteiger partial charge in [-0.3, -0.25) is 9.78 Å². The fraction of sp³-hybridized carbons (Fsp3) is 0.381. The highest BCUT2D eigenvalue weighted by atomic mass is 16.1. The number of anilines is 2. The van der Waals surface area contributed by atoms with Crippen LogP contribution in [0.15, 0.2) is 36.2 Å². The summed E-state index contributed by atoms with van der Waals surface area (Å²) in [5.74, 6) is 0.424. The molecule has 2 aromatic rings. The fourth-order valence-corrected chi connectivity index (χ4v) is 4.57. The van der Waals surface area contributed by atoms with Gasteiger partial charge in [-0.15, -0.1) is 0 Å². The zero-order valence-corrected chi connectivity index (χ0v) is 15.7. The molecule has 2 aliphatic rings. The van der Waals surface area contributed by atoms with E-state index in [1.807, 2.05) is 32.1 Å². The lowest BCUT2D eigenvalue weighted by Gasteiger charge is -2.45. The first kappa shape index (κ1) is 17.3. The van der Waals surface area contributed by atoms with Crippen LogP contribution in [0.4, 0.5) is 11.6 Å². The number of fused-ring (bicyclic) bond motifs is 3. The van der Waals surface area contributed by atoms with E-state index in [2.05, 4.69) is 28.3 Å². The molecule has 6 nitrogen and oxygen atoms in total. The summed E-state index contributed by atoms with van der Waals surface area (Å²) in [7, 11) is 0. The van der Waals surface area contributed by atoms with Gasteiger partial charge in [0, 0.05) is 35.1 Å². The van der Waals surface area contributed by atoms with Crippen molar-refractivity contribution in [3.63, 3.8) is 0 Å². The molecule has 3 atom stereocenters. The summed E-state index contributed by atoms with van der Waals surface area (Å²) in [6.07, 6.45) is 7.00. The Morgan fingerprint density at radius 2 is 2.04 bits per heavy atom. The second kappa shape index (κ2) is 6.27. The maximum absolute atomic E-state index is 12.5. The topological polar surface area (TPSA) is 91.6 Å². The first-order valence-corrected chi connectivity index (χ1v) is 9.16. The van der Waals surface area contributed by atoms with Gasteiger partial charge in [-0.05, 0) is 43.4 Å². The number of carbonyl (C=O) groups is 1. The Hall–Kier alpha value is -3.07. The number of rotatable bonds is 2. The lowest BCUT2D eigenvalue weighted by atomic mass is 9.57. The molecular formula is C21H21N5O. The van der Waals surface area contributed by atoms with Gasteiger partial charge in [0.1, 0.15) is 6.07 Å². The molecule has 0 aliphatic heterocycles. The highest BCUT2D eigenvalue weighted by molar-refractivity contribution is 6.02. The van der Waals surface area contributed by atoms with Gasteiger partial charge in [-0.1, -0.05) is 19.9 Å². The van der Waals surface area contributed by atoms with Gasteiger partial charge in [0.05, 0.1) is 11.3 Å². The molecule has 136 valence electrons. The van der Waals surface area contributed by atoms with Gasteiger partial charge >= 0.3 is 0 Å². The maximum Gasteiger partial charge on any atom is 0.227 e. The minimum Gasteiger partial charge on any atom is -0.324 e. The van der Waals surface area contributed by atoms with E-state index < -0.39 is 5.41 Å². The van der Waals surface area contributed by atoms with Gasteiger partial charge in [0.2, 0.25) is 5.95 Å². The molecular weight excluding hydrogens is 338 g/mol. The van der Waals surface area contributed by atoms with Crippen molar-refractivity contribution in [1.82, 2.24) is 15.0 Å². The van der Waals surface area contributed by atoms with Crippen LogP contribution >= 0.6 is 0 Å². The molecule has 0 bridgehead atoms. The molecule has 27 heavy (non-hydrogen) atoms. The second-order valence-corrected chi connectivity index (χ2v) is 7.57. The van der Waals surface area contributed by atoms with Crippen LogP contribution < -0.4 is 5.32 Å². The van der Waals surface area contributed by atoms with Gasteiger partial charge in [-0.2, -0.15) is 5.26 Å². The van der Waals surface area contributed by atoms with Gasteiger partial charge < -0.3 is 5.32 Å². The Balaban J connectivity index is 1.85. The Morgan fingerprint density at radius 1 is 1.30 bits per heavy atom. The number of nitriles is 1. The number of nitrogens with one attached hydrogen (secondary N) is 1. The van der Waals surface area contributed by atoms with Crippen LogP contribution in [0.3, 0.4) is 0 Å². The molecule has 0 amide bonds. The van der Waals surface area contributed by atoms with Gasteiger partial charge in [0.15, 0.2) is 5.78 Å². The summed E-state index contributed by atoms with van der Waals surface area (Å²) >= 11 is 0. The first-order chi connectivity index (χ1) is 12.9. The molecule has 0 unspecified atom stereocenters. The molecule has 2 aliphatic carbocycles. The van der Waals surface area contributed by atoms with Crippen molar-refractivity contribution in [2.75, 3.05) is 5.32 Å². The molecule has 4 rings (SSSR count). The summed E-state index contributed by atoms with van der Waals surface area (Å²) in [6, 6.07) is 5.81. The summed E-state index contributed by atoms with van der Waals surface area (Å²) < 4.78 is 0. The van der Waals surface area contributed by atoms with E-state index in [-0.39, 0.29) is 23.2 Å². The molecule has 2 heterocycles. The van der Waals surface area contributed by atoms with Crippen molar-refractivity contribution >= 4 is 17.4 Å². The average Bonchev–Trinajstić information content (AvgIpc) is 2.66. The number of allylic oxidation sites excluding steroid dienone is 2. The molecule has 0 saturated carbocycles. The monoisotopic (exact) mass is 359 g/mol. The normalized spacial score (nSPS) is 26.4. The average molecular weight is 359 g/mol. The van der Waals surface area contributed by atoms with Gasteiger partial charge in [-0.25, -0.2) is 9.97 Å². The maximum atomic E-state index is 12.5. The Labute approximate surface area is 158 Å². The number of aromatic nitrogens is 3. The van der Waals surface area contributed by atoms with E-state index in [0.717, 1.165) is 35.5 Å². The van der Waals surface area contributed by atoms with E-state index in [4.69, 9.17) is 4.98 Å². The van der Waals surface area contributed by atoms with Crippen LogP contribution in [0.5, 0.6) is 0 Å². The molecule has 0 fully saturated rings. The van der Waals surface area contributed by atoms with Crippen LogP contribution in [0.25, 0.3) is 0 Å². The van der Waals surface area contributed by atoms with Crippen LogP contribution in [-0.4, -0.2) is 20.7 Å². The fourth-order valence-electron chi connectivity index (χ4n) is 4.57. The first-order valence-electron chi connectivity index (χ1n) is 9.16. The molecule has 0 saturated heterocycles. The molecule has 1 N–H and O–H groups in total. The van der Waals surface area contributed by atoms with E-state index in [1.165, 1.54) is 0 Å². The number of carbonyl (C=O) groups excluding carboxylic acids is 1. The van der Waals surface area contributed by atoms with Crippen molar-refractivity contribution < 1.29 is 4.79 Å². The van der Waals surface area contributed by atoms with Crippen LogP contribution in [0, 0.1) is 30.1 Å². The lowest BCUT2D eigenvalue weighted by molar-refractivity contribution is -0.121. The van der Waals surface area contributed by atoms with Gasteiger partial charge in [0.25, 0.3) is 0 Å². The smallest absolute Gasteiger partial charge is 0.227 e. The van der Waals surface area contributed by atoms with E-state index in [1.54, 1.807) is 12.4 Å². The third kappa shape index (κ3) is 2.71. The Bertz CT molecular complexity index is 992. The number of hydrogen-bond acceptors (Lipinski definition) is 6. The molecule has 0 aromatic carbocycles. The predicted octanol–water partition coefficient (Wildman–Crippen LogP) is 3.41. The van der Waals surface area contributed by atoms with Crippen molar-refractivity contribution in [1.29, 1.82) is 5.26 Å². The quantitative estimate of drug-likeness (QED) is 0.883. The minimum atomic E-state index is -0.450. The largest absolute Gasteiger partial charge is 0.324 e. The number of ketones is 1. The third-order valence-electron chi connectivity index (χ3n) is 5.98. The number of pyridine rings is 1. The summed E-state index contributed by atoms with van der Waals surface area (Å²) in [6.45, 7) is 6.03. The molecule has 2 aromatic heterocycles. The van der Waals surface area contributed by atoms with Crippen LogP contribution in [0.2, 0.25) is 0 Å². The van der Waals surface area contributed by atoms with Crippen LogP contribution in [-0.2, 0) is 16.6 Å². The Kier molecular flexibility index (Phi) is 4.03. The number of nitrogens with zero attached hydrogens (tertiary/aromatic N) is 4. The standard InChI is InChI=1S/C21H21N5O/c1-12-17-5-4-16-13(2)24-20(25-15-6-8-23-9-7-15)26-19(16)21(17,3)10-14(11-22)18(12)27/h6-10,12,17H,4-5H2,1-3H3,(H,23,24,25,26)/t12-,17-,21-/m1/s1. The number of Topliss-reactive ketones (excluding diaryl/α,β-unsaturated/α-hetero) is 1. The van der Waals surface area contributed by atoms with Crippen LogP contribution in [0.1, 0.15) is 37.2 Å². The highest BCUT2D eigenvalue weighted by Gasteiger charge is 2.49. The van der Waals surface area contributed by atoms with Crippen molar-refractivity contribution in [3.8, 4) is 6.07 Å². The number of hydrogen-bond donors (Lipinski definition) is 1. The summed E-state index contributed by atoms with van der Waals surface area (Å²) in [5, 5.41) is 12.7. The lowest BCUT2D eigenvalue weighted by Crippen LogP contribution is -2.46. The zero-order valence-electron chi connectivity index (χ0n) is 15.7.